The summed E-state index contributed by atoms with van der Waals surface area (Å²) >= 11 is 0. The molecule has 1 N–H and O–H groups in total. The highest BCUT2D eigenvalue weighted by Crippen LogP contribution is 2.26. The van der Waals surface area contributed by atoms with Gasteiger partial charge in [-0.15, -0.1) is 0 Å². The first-order valence-electron chi connectivity index (χ1n) is 6.92. The first-order chi connectivity index (χ1) is 11.4. The quantitative estimate of drug-likeness (QED) is 0.601. The van der Waals surface area contributed by atoms with Crippen molar-refractivity contribution in [3.63, 3.8) is 0 Å². The van der Waals surface area contributed by atoms with E-state index in [4.69, 9.17) is 4.74 Å². The van der Waals surface area contributed by atoms with E-state index < -0.39 is 14.9 Å². The van der Waals surface area contributed by atoms with Crippen molar-refractivity contribution in [3.05, 3.63) is 58.6 Å². The summed E-state index contributed by atoms with van der Waals surface area (Å²) in [6, 6.07) is 10.9. The van der Waals surface area contributed by atoms with Crippen molar-refractivity contribution in [2.75, 3.05) is 24.6 Å². The Morgan fingerprint density at radius 3 is 2.17 bits per heavy atom. The zero-order valence-corrected chi connectivity index (χ0v) is 13.6. The van der Waals surface area contributed by atoms with Gasteiger partial charge in [0.15, 0.2) is 0 Å². The summed E-state index contributed by atoms with van der Waals surface area (Å²) in [5, 5.41) is 19.9. The van der Waals surface area contributed by atoms with Crippen LogP contribution < -0.4 is 9.04 Å². The molecule has 0 amide bonds. The van der Waals surface area contributed by atoms with Crippen LogP contribution in [0.5, 0.6) is 5.75 Å². The molecular weight excluding hydrogens is 336 g/mol. The third kappa shape index (κ3) is 3.63. The molecule has 0 spiro atoms. The van der Waals surface area contributed by atoms with E-state index in [1.807, 2.05) is 0 Å². The van der Waals surface area contributed by atoms with E-state index in [0.29, 0.717) is 11.4 Å². The maximum atomic E-state index is 12.8. The van der Waals surface area contributed by atoms with Crippen LogP contribution in [0.25, 0.3) is 0 Å². The van der Waals surface area contributed by atoms with E-state index in [1.165, 1.54) is 19.2 Å². The van der Waals surface area contributed by atoms with Gasteiger partial charge in [0.1, 0.15) is 5.75 Å². The molecule has 8 nitrogen and oxygen atoms in total. The van der Waals surface area contributed by atoms with Crippen molar-refractivity contribution in [1.29, 1.82) is 0 Å². The maximum Gasteiger partial charge on any atom is 0.269 e. The van der Waals surface area contributed by atoms with Crippen LogP contribution in [-0.2, 0) is 10.0 Å². The van der Waals surface area contributed by atoms with Crippen LogP contribution in [0.15, 0.2) is 53.4 Å². The Morgan fingerprint density at radius 1 is 1.12 bits per heavy atom. The number of hydrogen-bond acceptors (Lipinski definition) is 6. The van der Waals surface area contributed by atoms with Crippen LogP contribution in [0.3, 0.4) is 0 Å². The van der Waals surface area contributed by atoms with Crippen molar-refractivity contribution < 1.29 is 23.2 Å². The van der Waals surface area contributed by atoms with Gasteiger partial charge < -0.3 is 9.84 Å². The van der Waals surface area contributed by atoms with Crippen molar-refractivity contribution in [2.24, 2.45) is 0 Å². The average Bonchev–Trinajstić information content (AvgIpc) is 2.59. The van der Waals surface area contributed by atoms with E-state index in [2.05, 4.69) is 0 Å². The Kier molecular flexibility index (Phi) is 5.37. The Balaban J connectivity index is 2.42. The number of nitrogens with zero attached hydrogens (tertiary/aromatic N) is 2. The number of methoxy groups -OCH3 is 1. The molecule has 0 heterocycles. The highest BCUT2D eigenvalue weighted by molar-refractivity contribution is 7.92. The lowest BCUT2D eigenvalue weighted by molar-refractivity contribution is -0.384. The summed E-state index contributed by atoms with van der Waals surface area (Å²) < 4.78 is 31.6. The second-order valence-corrected chi connectivity index (χ2v) is 6.61. The molecule has 0 aliphatic heterocycles. The third-order valence-electron chi connectivity index (χ3n) is 3.30. The number of nitro groups is 1. The second-order valence-electron chi connectivity index (χ2n) is 4.75. The molecule has 0 atom stereocenters. The summed E-state index contributed by atoms with van der Waals surface area (Å²) in [7, 11) is -2.47. The van der Waals surface area contributed by atoms with Crippen LogP contribution in [0, 0.1) is 10.1 Å². The number of sulfonamides is 1. The van der Waals surface area contributed by atoms with Gasteiger partial charge in [0, 0.05) is 12.1 Å². The first-order valence-corrected chi connectivity index (χ1v) is 8.36. The fourth-order valence-electron chi connectivity index (χ4n) is 2.09. The summed E-state index contributed by atoms with van der Waals surface area (Å²) in [6.45, 7) is -0.524. The van der Waals surface area contributed by atoms with Crippen molar-refractivity contribution in [3.8, 4) is 5.75 Å². The zero-order chi connectivity index (χ0) is 17.7. The molecule has 0 bridgehead atoms. The molecule has 2 aromatic carbocycles. The van der Waals surface area contributed by atoms with Gasteiger partial charge in [-0.1, -0.05) is 0 Å². The lowest BCUT2D eigenvalue weighted by Crippen LogP contribution is -2.33. The molecule has 2 rings (SSSR count). The highest BCUT2D eigenvalue weighted by Gasteiger charge is 2.25. The zero-order valence-electron chi connectivity index (χ0n) is 12.8. The Labute approximate surface area is 139 Å². The van der Waals surface area contributed by atoms with E-state index in [0.717, 1.165) is 16.4 Å². The maximum absolute atomic E-state index is 12.8. The lowest BCUT2D eigenvalue weighted by atomic mass is 10.3. The van der Waals surface area contributed by atoms with Gasteiger partial charge in [0.2, 0.25) is 0 Å². The fraction of sp³-hybridized carbons (Fsp3) is 0.200. The van der Waals surface area contributed by atoms with Gasteiger partial charge in [-0.3, -0.25) is 14.4 Å². The van der Waals surface area contributed by atoms with Crippen LogP contribution in [0.2, 0.25) is 0 Å². The number of hydrogen-bond donors (Lipinski definition) is 1. The summed E-state index contributed by atoms with van der Waals surface area (Å²) in [6.07, 6.45) is 0. The minimum atomic E-state index is -3.97. The van der Waals surface area contributed by atoms with Gasteiger partial charge in [0.25, 0.3) is 15.7 Å². The standard InChI is InChI=1S/C15H16N2O6S/c1-23-14-6-2-12(3-7-14)16(10-11-18)24(21,22)15-8-4-13(5-9-15)17(19)20/h2-9,18H,10-11H2,1H3. The Morgan fingerprint density at radius 2 is 1.71 bits per heavy atom. The van der Waals surface area contributed by atoms with Crippen LogP contribution >= 0.6 is 0 Å². The number of nitro benzene ring substituents is 1. The van der Waals surface area contributed by atoms with Gasteiger partial charge in [-0.2, -0.15) is 0 Å². The molecule has 0 aromatic heterocycles. The number of rotatable bonds is 7. The summed E-state index contributed by atoms with van der Waals surface area (Å²) in [5.41, 5.74) is 0.148. The molecule has 0 unspecified atom stereocenters. The number of benzene rings is 2. The molecule has 24 heavy (non-hydrogen) atoms. The third-order valence-corrected chi connectivity index (χ3v) is 5.14. The molecular formula is C15H16N2O6S. The second kappa shape index (κ2) is 7.28. The molecule has 0 radical (unpaired) electrons. The van der Waals surface area contributed by atoms with E-state index in [1.54, 1.807) is 24.3 Å². The van der Waals surface area contributed by atoms with Crippen molar-refractivity contribution >= 4 is 21.4 Å². The SMILES string of the molecule is COc1ccc(N(CCO)S(=O)(=O)c2ccc([N+](=O)[O-])cc2)cc1. The molecule has 9 heteroatoms. The van der Waals surface area contributed by atoms with Gasteiger partial charge in [0.05, 0.1) is 35.8 Å². The predicted molar refractivity (Wildman–Crippen MR) is 87.7 cm³/mol. The van der Waals surface area contributed by atoms with Crippen molar-refractivity contribution in [1.82, 2.24) is 0 Å². The van der Waals surface area contributed by atoms with E-state index in [9.17, 15) is 23.6 Å². The lowest BCUT2D eigenvalue weighted by Gasteiger charge is -2.23. The van der Waals surface area contributed by atoms with E-state index in [-0.39, 0.29) is 23.7 Å². The monoisotopic (exact) mass is 352 g/mol. The molecule has 2 aromatic rings. The van der Waals surface area contributed by atoms with E-state index >= 15 is 0 Å². The Bertz CT molecular complexity index is 803. The Hall–Kier alpha value is -2.65. The summed E-state index contributed by atoms with van der Waals surface area (Å²) in [5.74, 6) is 0.565. The minimum absolute atomic E-state index is 0.0997. The number of non-ortho nitro benzene ring substituents is 1. The first kappa shape index (κ1) is 17.7. The van der Waals surface area contributed by atoms with Gasteiger partial charge >= 0.3 is 0 Å². The largest absolute Gasteiger partial charge is 0.497 e. The average molecular weight is 352 g/mol. The number of anilines is 1. The normalized spacial score (nSPS) is 11.1. The number of aliphatic hydroxyl groups excluding tert-OH is 1. The molecule has 128 valence electrons. The van der Waals surface area contributed by atoms with Gasteiger partial charge in [-0.25, -0.2) is 8.42 Å². The molecule has 0 saturated heterocycles. The topological polar surface area (TPSA) is 110 Å². The molecule has 0 aliphatic rings. The number of aliphatic hydroxyl groups is 1. The van der Waals surface area contributed by atoms with Crippen LogP contribution in [-0.4, -0.2) is 38.7 Å². The van der Waals surface area contributed by atoms with Gasteiger partial charge in [-0.05, 0) is 36.4 Å². The molecule has 0 saturated carbocycles. The summed E-state index contributed by atoms with van der Waals surface area (Å²) in [4.78, 5) is 9.98. The minimum Gasteiger partial charge on any atom is -0.497 e. The fourth-order valence-corrected chi connectivity index (χ4v) is 3.55. The number of ether oxygens (including phenoxy) is 1. The van der Waals surface area contributed by atoms with Crippen LogP contribution in [0.4, 0.5) is 11.4 Å². The van der Waals surface area contributed by atoms with Crippen LogP contribution in [0.1, 0.15) is 0 Å². The molecule has 0 aliphatic carbocycles. The highest BCUT2D eigenvalue weighted by atomic mass is 32.2. The predicted octanol–water partition coefficient (Wildman–Crippen LogP) is 1.79. The van der Waals surface area contributed by atoms with Crippen molar-refractivity contribution in [2.45, 2.75) is 4.90 Å². The smallest absolute Gasteiger partial charge is 0.269 e. The molecule has 0 fully saturated rings.